The molecule has 0 saturated carbocycles. The topological polar surface area (TPSA) is 55.6 Å². The summed E-state index contributed by atoms with van der Waals surface area (Å²) in [6.07, 6.45) is 0.903. The maximum Gasteiger partial charge on any atom is 0.231 e. The van der Waals surface area contributed by atoms with Crippen molar-refractivity contribution in [2.45, 2.75) is 20.3 Å². The molecule has 0 fully saturated rings. The number of carbonyl (C=O) groups excluding carboxylic acids is 1. The van der Waals surface area contributed by atoms with Crippen molar-refractivity contribution in [3.63, 3.8) is 0 Å². The molecule has 1 aromatic rings. The zero-order chi connectivity index (χ0) is 13.7. The highest BCUT2D eigenvalue weighted by molar-refractivity contribution is 5.75. The molecule has 0 aromatic heterocycles. The average Bonchev–Trinajstić information content (AvgIpc) is 2.30. The molecule has 2 N–H and O–H groups in total. The quantitative estimate of drug-likeness (QED) is 0.827. The second-order valence-corrected chi connectivity index (χ2v) is 4.63. The number of rotatable bonds is 6. The third kappa shape index (κ3) is 3.74. The first-order valence-electron chi connectivity index (χ1n) is 6.05. The molecule has 0 radical (unpaired) electrons. The lowest BCUT2D eigenvalue weighted by Gasteiger charge is -2.17. The number of hydrogen-bond donors (Lipinski definition) is 1. The highest BCUT2D eigenvalue weighted by Gasteiger charge is 2.08. The van der Waals surface area contributed by atoms with Crippen LogP contribution in [0.3, 0.4) is 0 Å². The summed E-state index contributed by atoms with van der Waals surface area (Å²) >= 11 is 0. The molecule has 4 heteroatoms. The monoisotopic (exact) mass is 250 g/mol. The number of amides is 1. The van der Waals surface area contributed by atoms with E-state index in [1.165, 1.54) is 16.7 Å². The van der Waals surface area contributed by atoms with Gasteiger partial charge in [-0.05, 0) is 50.1 Å². The summed E-state index contributed by atoms with van der Waals surface area (Å²) in [4.78, 5) is 12.7. The summed E-state index contributed by atoms with van der Waals surface area (Å²) < 4.78 is 5.29. The SMILES string of the molecule is COc1ccc(CCN(C)CC(N)=O)c(C)c1C. The Hall–Kier alpha value is -1.55. The molecular formula is C14H22N2O2. The van der Waals surface area contributed by atoms with Gasteiger partial charge in [-0.3, -0.25) is 9.69 Å². The number of methoxy groups -OCH3 is 1. The summed E-state index contributed by atoms with van der Waals surface area (Å²) in [5, 5.41) is 0. The van der Waals surface area contributed by atoms with Gasteiger partial charge in [0.25, 0.3) is 0 Å². The lowest BCUT2D eigenvalue weighted by Crippen LogP contribution is -2.32. The van der Waals surface area contributed by atoms with Gasteiger partial charge in [0.05, 0.1) is 13.7 Å². The van der Waals surface area contributed by atoms with Crippen LogP contribution in [-0.2, 0) is 11.2 Å². The van der Waals surface area contributed by atoms with Crippen LogP contribution in [0.15, 0.2) is 12.1 Å². The Morgan fingerprint density at radius 3 is 2.56 bits per heavy atom. The molecule has 0 aliphatic carbocycles. The van der Waals surface area contributed by atoms with Gasteiger partial charge < -0.3 is 10.5 Å². The Labute approximate surface area is 109 Å². The van der Waals surface area contributed by atoms with E-state index in [9.17, 15) is 4.79 Å². The Morgan fingerprint density at radius 1 is 1.33 bits per heavy atom. The molecule has 0 aliphatic heterocycles. The summed E-state index contributed by atoms with van der Waals surface area (Å²) in [6, 6.07) is 4.07. The predicted molar refractivity (Wildman–Crippen MR) is 72.9 cm³/mol. The molecule has 1 rings (SSSR count). The Morgan fingerprint density at radius 2 is 2.00 bits per heavy atom. The summed E-state index contributed by atoms with van der Waals surface area (Å²) in [5.41, 5.74) is 8.86. The van der Waals surface area contributed by atoms with Gasteiger partial charge in [0.1, 0.15) is 5.75 Å². The highest BCUT2D eigenvalue weighted by Crippen LogP contribution is 2.24. The molecule has 0 saturated heterocycles. The molecule has 0 spiro atoms. The number of likely N-dealkylation sites (N-methyl/N-ethyl adjacent to an activating group) is 1. The number of benzene rings is 1. The van der Waals surface area contributed by atoms with Crippen molar-refractivity contribution in [1.82, 2.24) is 4.90 Å². The first-order chi connectivity index (χ1) is 8.45. The maximum absolute atomic E-state index is 10.8. The fraction of sp³-hybridized carbons (Fsp3) is 0.500. The lowest BCUT2D eigenvalue weighted by molar-refractivity contribution is -0.118. The van der Waals surface area contributed by atoms with Gasteiger partial charge in [0, 0.05) is 6.54 Å². The van der Waals surface area contributed by atoms with Gasteiger partial charge in [-0.1, -0.05) is 6.07 Å². The molecule has 0 atom stereocenters. The number of hydrogen-bond acceptors (Lipinski definition) is 3. The Bertz CT molecular complexity index is 430. The van der Waals surface area contributed by atoms with Gasteiger partial charge in [-0.25, -0.2) is 0 Å². The third-order valence-corrected chi connectivity index (χ3v) is 3.26. The molecule has 18 heavy (non-hydrogen) atoms. The van der Waals surface area contributed by atoms with E-state index in [1.54, 1.807) is 7.11 Å². The molecular weight excluding hydrogens is 228 g/mol. The van der Waals surface area contributed by atoms with Crippen molar-refractivity contribution in [3.8, 4) is 5.75 Å². The van der Waals surface area contributed by atoms with Gasteiger partial charge in [-0.2, -0.15) is 0 Å². The van der Waals surface area contributed by atoms with E-state index in [1.807, 2.05) is 18.0 Å². The van der Waals surface area contributed by atoms with Gasteiger partial charge in [0.2, 0.25) is 5.91 Å². The van der Waals surface area contributed by atoms with E-state index >= 15 is 0 Å². The first-order valence-corrected chi connectivity index (χ1v) is 6.05. The largest absolute Gasteiger partial charge is 0.496 e. The molecule has 0 aliphatic rings. The number of nitrogens with zero attached hydrogens (tertiary/aromatic N) is 1. The second kappa shape index (κ2) is 6.40. The van der Waals surface area contributed by atoms with Crippen LogP contribution in [0, 0.1) is 13.8 Å². The van der Waals surface area contributed by atoms with Crippen LogP contribution in [0.4, 0.5) is 0 Å². The molecule has 0 unspecified atom stereocenters. The van der Waals surface area contributed by atoms with Crippen LogP contribution in [-0.4, -0.2) is 38.1 Å². The Balaban J connectivity index is 2.68. The van der Waals surface area contributed by atoms with E-state index in [4.69, 9.17) is 10.5 Å². The van der Waals surface area contributed by atoms with Gasteiger partial charge in [-0.15, -0.1) is 0 Å². The fourth-order valence-electron chi connectivity index (χ4n) is 2.00. The first kappa shape index (κ1) is 14.5. The molecule has 100 valence electrons. The van der Waals surface area contributed by atoms with E-state index in [0.29, 0.717) is 6.54 Å². The van der Waals surface area contributed by atoms with E-state index in [2.05, 4.69) is 19.9 Å². The van der Waals surface area contributed by atoms with E-state index in [-0.39, 0.29) is 5.91 Å². The lowest BCUT2D eigenvalue weighted by atomic mass is 10.00. The normalized spacial score (nSPS) is 10.7. The number of nitrogens with two attached hydrogens (primary N) is 1. The van der Waals surface area contributed by atoms with Crippen LogP contribution >= 0.6 is 0 Å². The van der Waals surface area contributed by atoms with E-state index < -0.39 is 0 Å². The minimum absolute atomic E-state index is 0.292. The van der Waals surface area contributed by atoms with Crippen LogP contribution in [0.2, 0.25) is 0 Å². The van der Waals surface area contributed by atoms with Gasteiger partial charge >= 0.3 is 0 Å². The van der Waals surface area contributed by atoms with Crippen molar-refractivity contribution in [2.75, 3.05) is 27.2 Å². The standard InChI is InChI=1S/C14H22N2O2/c1-10-11(2)13(18-4)6-5-12(10)7-8-16(3)9-14(15)17/h5-6H,7-9H2,1-4H3,(H2,15,17). The van der Waals surface area contributed by atoms with Crippen LogP contribution in [0.25, 0.3) is 0 Å². The molecule has 4 nitrogen and oxygen atoms in total. The number of carbonyl (C=O) groups is 1. The molecule has 1 aromatic carbocycles. The predicted octanol–water partition coefficient (Wildman–Crippen LogP) is 1.27. The van der Waals surface area contributed by atoms with Gasteiger partial charge in [0.15, 0.2) is 0 Å². The van der Waals surface area contributed by atoms with Crippen LogP contribution in [0.1, 0.15) is 16.7 Å². The smallest absolute Gasteiger partial charge is 0.231 e. The van der Waals surface area contributed by atoms with Crippen molar-refractivity contribution in [3.05, 3.63) is 28.8 Å². The van der Waals surface area contributed by atoms with Crippen LogP contribution < -0.4 is 10.5 Å². The zero-order valence-electron chi connectivity index (χ0n) is 11.6. The van der Waals surface area contributed by atoms with Crippen LogP contribution in [0.5, 0.6) is 5.75 Å². The minimum Gasteiger partial charge on any atom is -0.496 e. The maximum atomic E-state index is 10.8. The fourth-order valence-corrected chi connectivity index (χ4v) is 2.00. The minimum atomic E-state index is -0.292. The Kier molecular flexibility index (Phi) is 5.16. The molecule has 1 amide bonds. The molecule has 0 heterocycles. The summed E-state index contributed by atoms with van der Waals surface area (Å²) in [6.45, 7) is 5.27. The summed E-state index contributed by atoms with van der Waals surface area (Å²) in [5.74, 6) is 0.627. The highest BCUT2D eigenvalue weighted by atomic mass is 16.5. The van der Waals surface area contributed by atoms with E-state index in [0.717, 1.165) is 18.7 Å². The average molecular weight is 250 g/mol. The number of ether oxygens (including phenoxy) is 1. The van der Waals surface area contributed by atoms with Crippen molar-refractivity contribution < 1.29 is 9.53 Å². The second-order valence-electron chi connectivity index (χ2n) is 4.63. The zero-order valence-corrected chi connectivity index (χ0v) is 11.6. The summed E-state index contributed by atoms with van der Waals surface area (Å²) in [7, 11) is 3.58. The molecule has 0 bridgehead atoms. The van der Waals surface area contributed by atoms with Crippen molar-refractivity contribution >= 4 is 5.91 Å². The van der Waals surface area contributed by atoms with Crippen molar-refractivity contribution in [2.24, 2.45) is 5.73 Å². The number of primary amides is 1. The third-order valence-electron chi connectivity index (χ3n) is 3.26. The van der Waals surface area contributed by atoms with Crippen molar-refractivity contribution in [1.29, 1.82) is 0 Å².